The first kappa shape index (κ1) is 19.7. The third kappa shape index (κ3) is 4.27. The molecule has 150 valence electrons. The summed E-state index contributed by atoms with van der Waals surface area (Å²) in [5.74, 6) is 2.32. The molecule has 8 heteroatoms. The minimum atomic E-state index is -0.397. The second kappa shape index (κ2) is 8.77. The molecule has 2 aromatic heterocycles. The van der Waals surface area contributed by atoms with Crippen LogP contribution in [-0.2, 0) is 4.74 Å². The van der Waals surface area contributed by atoms with Gasteiger partial charge in [-0.3, -0.25) is 0 Å². The molecule has 1 aliphatic rings. The first-order valence-electron chi connectivity index (χ1n) is 9.25. The first-order valence-corrected chi connectivity index (χ1v) is 9.25. The lowest BCUT2D eigenvalue weighted by Crippen LogP contribution is -2.39. The maximum absolute atomic E-state index is 11.9. The Hall–Kier alpha value is -3.03. The molecule has 0 amide bonds. The molecule has 0 unspecified atom stereocenters. The van der Waals surface area contributed by atoms with Crippen LogP contribution in [0.25, 0.3) is 0 Å². The van der Waals surface area contributed by atoms with Gasteiger partial charge in [-0.2, -0.15) is 0 Å². The number of piperidine rings is 1. The fourth-order valence-corrected chi connectivity index (χ4v) is 3.32. The van der Waals surface area contributed by atoms with Crippen molar-refractivity contribution in [1.29, 1.82) is 0 Å². The summed E-state index contributed by atoms with van der Waals surface area (Å²) in [6, 6.07) is 5.49. The molecule has 1 aliphatic heterocycles. The molecule has 8 nitrogen and oxygen atoms in total. The summed E-state index contributed by atoms with van der Waals surface area (Å²) < 4.78 is 16.0. The van der Waals surface area contributed by atoms with E-state index in [1.165, 1.54) is 7.11 Å². The summed E-state index contributed by atoms with van der Waals surface area (Å²) >= 11 is 0. The number of anilines is 2. The van der Waals surface area contributed by atoms with E-state index in [0.29, 0.717) is 17.3 Å². The van der Waals surface area contributed by atoms with Crippen molar-refractivity contribution in [2.24, 2.45) is 0 Å². The Morgan fingerprint density at radius 1 is 1.25 bits per heavy atom. The molecule has 3 rings (SSSR count). The van der Waals surface area contributed by atoms with Crippen LogP contribution in [0.3, 0.4) is 0 Å². The number of carbonyl (C=O) groups excluding carboxylic acids is 1. The van der Waals surface area contributed by atoms with E-state index in [1.54, 1.807) is 26.4 Å². The molecule has 0 spiro atoms. The molecule has 0 bridgehead atoms. The first-order chi connectivity index (χ1) is 13.5. The van der Waals surface area contributed by atoms with Crippen molar-refractivity contribution in [1.82, 2.24) is 9.97 Å². The molecule has 28 heavy (non-hydrogen) atoms. The quantitative estimate of drug-likeness (QED) is 0.759. The number of ether oxygens (including phenoxy) is 3. The molecule has 2 aromatic rings. The summed E-state index contributed by atoms with van der Waals surface area (Å²) in [4.78, 5) is 23.0. The zero-order valence-corrected chi connectivity index (χ0v) is 16.7. The number of nitrogens with zero attached hydrogens (tertiary/aromatic N) is 3. The number of pyridine rings is 2. The van der Waals surface area contributed by atoms with E-state index in [9.17, 15) is 4.79 Å². The molecule has 1 fully saturated rings. The van der Waals surface area contributed by atoms with Gasteiger partial charge in [-0.1, -0.05) is 0 Å². The predicted molar refractivity (Wildman–Crippen MR) is 107 cm³/mol. The van der Waals surface area contributed by atoms with Crippen LogP contribution >= 0.6 is 0 Å². The van der Waals surface area contributed by atoms with Crippen molar-refractivity contribution in [2.75, 3.05) is 44.6 Å². The van der Waals surface area contributed by atoms with Crippen LogP contribution in [0.1, 0.15) is 28.8 Å². The van der Waals surface area contributed by atoms with E-state index in [2.05, 4.69) is 20.2 Å². The zero-order chi connectivity index (χ0) is 20.1. The van der Waals surface area contributed by atoms with E-state index in [-0.39, 0.29) is 6.10 Å². The molecule has 1 saturated heterocycles. The van der Waals surface area contributed by atoms with Gasteiger partial charge in [0.25, 0.3) is 0 Å². The highest BCUT2D eigenvalue weighted by Gasteiger charge is 2.24. The highest BCUT2D eigenvalue weighted by molar-refractivity contribution is 5.95. The number of rotatable bonds is 6. The lowest BCUT2D eigenvalue weighted by molar-refractivity contribution is 0.0601. The van der Waals surface area contributed by atoms with Gasteiger partial charge < -0.3 is 24.4 Å². The average molecular weight is 386 g/mol. The SMILES string of the molecule is CNc1nc(N2CCC(Oc3ccc(OC)nc3)CC2)c(C)cc1C(=O)OC. The van der Waals surface area contributed by atoms with Crippen molar-refractivity contribution in [2.45, 2.75) is 25.9 Å². The number of aryl methyl sites for hydroxylation is 1. The Kier molecular flexibility index (Phi) is 6.18. The third-order valence-corrected chi connectivity index (χ3v) is 4.79. The number of carbonyl (C=O) groups is 1. The Morgan fingerprint density at radius 2 is 2.00 bits per heavy atom. The highest BCUT2D eigenvalue weighted by atomic mass is 16.5. The van der Waals surface area contributed by atoms with Gasteiger partial charge in [0, 0.05) is 39.0 Å². The minimum absolute atomic E-state index is 0.130. The normalized spacial score (nSPS) is 14.5. The predicted octanol–water partition coefficient (Wildman–Crippen LogP) is 2.67. The van der Waals surface area contributed by atoms with E-state index in [0.717, 1.165) is 43.1 Å². The molecule has 1 N–H and O–H groups in total. The van der Waals surface area contributed by atoms with Crippen LogP contribution in [-0.4, -0.2) is 56.4 Å². The van der Waals surface area contributed by atoms with Crippen LogP contribution < -0.4 is 19.7 Å². The van der Waals surface area contributed by atoms with Gasteiger partial charge in [0.2, 0.25) is 5.88 Å². The maximum Gasteiger partial charge on any atom is 0.341 e. The van der Waals surface area contributed by atoms with E-state index >= 15 is 0 Å². The summed E-state index contributed by atoms with van der Waals surface area (Å²) in [6.45, 7) is 3.60. The second-order valence-corrected chi connectivity index (χ2v) is 6.61. The van der Waals surface area contributed by atoms with Gasteiger partial charge in [0.1, 0.15) is 29.1 Å². The smallest absolute Gasteiger partial charge is 0.341 e. The second-order valence-electron chi connectivity index (χ2n) is 6.61. The van der Waals surface area contributed by atoms with Crippen molar-refractivity contribution in [3.05, 3.63) is 35.5 Å². The van der Waals surface area contributed by atoms with E-state index < -0.39 is 5.97 Å². The molecular weight excluding hydrogens is 360 g/mol. The van der Waals surface area contributed by atoms with Crippen molar-refractivity contribution in [3.63, 3.8) is 0 Å². The number of hydrogen-bond donors (Lipinski definition) is 1. The van der Waals surface area contributed by atoms with E-state index in [4.69, 9.17) is 14.2 Å². The van der Waals surface area contributed by atoms with Gasteiger partial charge in [-0.25, -0.2) is 14.8 Å². The van der Waals surface area contributed by atoms with Gasteiger partial charge in [-0.05, 0) is 24.6 Å². The Bertz CT molecular complexity index is 818. The van der Waals surface area contributed by atoms with E-state index in [1.807, 2.05) is 19.1 Å². The van der Waals surface area contributed by atoms with Gasteiger partial charge in [-0.15, -0.1) is 0 Å². The van der Waals surface area contributed by atoms with Crippen molar-refractivity contribution < 1.29 is 19.0 Å². The number of aromatic nitrogens is 2. The fourth-order valence-electron chi connectivity index (χ4n) is 3.32. The Balaban J connectivity index is 1.66. The molecule has 0 aliphatic carbocycles. The average Bonchev–Trinajstić information content (AvgIpc) is 2.74. The van der Waals surface area contributed by atoms with Gasteiger partial charge >= 0.3 is 5.97 Å². The molecule has 0 atom stereocenters. The lowest BCUT2D eigenvalue weighted by atomic mass is 10.1. The van der Waals surface area contributed by atoms with Crippen molar-refractivity contribution >= 4 is 17.6 Å². The van der Waals surface area contributed by atoms with Crippen LogP contribution in [0.4, 0.5) is 11.6 Å². The molecule has 0 aromatic carbocycles. The Morgan fingerprint density at radius 3 is 2.57 bits per heavy atom. The molecule has 0 saturated carbocycles. The standard InChI is InChI=1S/C20H26N4O4/c1-13-11-16(20(25)27-4)18(21-2)23-19(13)24-9-7-14(8-10-24)28-15-5-6-17(26-3)22-12-15/h5-6,11-12,14H,7-10H2,1-4H3,(H,21,23). The fraction of sp³-hybridized carbons (Fsp3) is 0.450. The minimum Gasteiger partial charge on any atom is -0.489 e. The summed E-state index contributed by atoms with van der Waals surface area (Å²) in [6.07, 6.45) is 3.56. The summed E-state index contributed by atoms with van der Waals surface area (Å²) in [5, 5.41) is 2.99. The van der Waals surface area contributed by atoms with Gasteiger partial charge in [0.05, 0.1) is 20.4 Å². The van der Waals surface area contributed by atoms with Crippen molar-refractivity contribution in [3.8, 4) is 11.6 Å². The molecule has 0 radical (unpaired) electrons. The highest BCUT2D eigenvalue weighted by Crippen LogP contribution is 2.28. The lowest BCUT2D eigenvalue weighted by Gasteiger charge is -2.34. The Labute approximate surface area is 164 Å². The summed E-state index contributed by atoms with van der Waals surface area (Å²) in [7, 11) is 4.71. The molecule has 3 heterocycles. The zero-order valence-electron chi connectivity index (χ0n) is 16.7. The van der Waals surface area contributed by atoms with Crippen LogP contribution in [0, 0.1) is 6.92 Å². The monoisotopic (exact) mass is 386 g/mol. The number of nitrogens with one attached hydrogen (secondary N) is 1. The topological polar surface area (TPSA) is 85.8 Å². The number of methoxy groups -OCH3 is 2. The van der Waals surface area contributed by atoms with Crippen LogP contribution in [0.15, 0.2) is 24.4 Å². The van der Waals surface area contributed by atoms with Crippen LogP contribution in [0.5, 0.6) is 11.6 Å². The van der Waals surface area contributed by atoms with Crippen LogP contribution in [0.2, 0.25) is 0 Å². The van der Waals surface area contributed by atoms with Gasteiger partial charge in [0.15, 0.2) is 0 Å². The summed E-state index contributed by atoms with van der Waals surface area (Å²) in [5.41, 5.74) is 1.38. The molecular formula is C20H26N4O4. The maximum atomic E-state index is 11.9. The third-order valence-electron chi connectivity index (χ3n) is 4.79. The number of esters is 1. The number of hydrogen-bond acceptors (Lipinski definition) is 8. The largest absolute Gasteiger partial charge is 0.489 e.